The van der Waals surface area contributed by atoms with Crippen molar-refractivity contribution in [2.45, 2.75) is 50.6 Å². The van der Waals surface area contributed by atoms with Gasteiger partial charge >= 0.3 is 23.9 Å². The van der Waals surface area contributed by atoms with Crippen molar-refractivity contribution >= 4 is 34.8 Å². The van der Waals surface area contributed by atoms with Crippen LogP contribution in [0, 0.1) is 0 Å². The van der Waals surface area contributed by atoms with E-state index in [-0.39, 0.29) is 18.0 Å². The number of carbonyl (C=O) groups excluding carboxylic acids is 1. The molecule has 2 aromatic heterocycles. The molecule has 0 saturated heterocycles. The fourth-order valence-electron chi connectivity index (χ4n) is 3.93. The van der Waals surface area contributed by atoms with Gasteiger partial charge in [0.2, 0.25) is 5.91 Å². The maximum atomic E-state index is 12.2. The number of aromatic nitrogens is 2. The van der Waals surface area contributed by atoms with Crippen LogP contribution < -0.4 is 16.4 Å². The standard InChI is InChI=1S/C23H26N4O5.C2HF3O2/c28-20(6-2-1-5-16-9-7-14-4-3-11-24-21(14)26-16)25-13-17(22(29)30)15-8-10-18-19(12-15)32-23(31)27-18;3-2(4,5)1(6)7/h7-10,12,17H,1-6,11,13H2,(H,24,26)(H,25,28)(H,27,31)(H,29,30);(H,6,7)/t17-;/m1./s1. The van der Waals surface area contributed by atoms with E-state index in [1.165, 1.54) is 11.6 Å². The zero-order valence-electron chi connectivity index (χ0n) is 20.6. The van der Waals surface area contributed by atoms with E-state index in [9.17, 15) is 32.7 Å². The van der Waals surface area contributed by atoms with Gasteiger partial charge < -0.3 is 25.3 Å². The highest BCUT2D eigenvalue weighted by molar-refractivity contribution is 5.82. The molecule has 1 atom stereocenters. The first kappa shape index (κ1) is 29.2. The fraction of sp³-hybridized carbons (Fsp3) is 0.400. The van der Waals surface area contributed by atoms with Gasteiger partial charge in [0.1, 0.15) is 5.82 Å². The Morgan fingerprint density at radius 2 is 1.87 bits per heavy atom. The van der Waals surface area contributed by atoms with Gasteiger partial charge in [-0.05, 0) is 61.4 Å². The number of hydrogen-bond donors (Lipinski definition) is 5. The SMILES string of the molecule is O=C(CCCCc1ccc2c(n1)NCCC2)NC[C@@H](C(=O)O)c1ccc2[nH]c(=O)oc2c1.O=C(O)C(F)(F)F. The summed E-state index contributed by atoms with van der Waals surface area (Å²) in [7, 11) is 0. The zero-order valence-corrected chi connectivity index (χ0v) is 20.6. The van der Waals surface area contributed by atoms with E-state index in [0.29, 0.717) is 23.9 Å². The summed E-state index contributed by atoms with van der Waals surface area (Å²) in [6.07, 6.45) is -0.270. The summed E-state index contributed by atoms with van der Waals surface area (Å²) in [6, 6.07) is 8.89. The van der Waals surface area contributed by atoms with Crippen LogP contribution in [0.25, 0.3) is 11.1 Å². The number of H-pyrrole nitrogens is 1. The van der Waals surface area contributed by atoms with Crippen LogP contribution in [0.1, 0.15) is 48.4 Å². The molecule has 0 radical (unpaired) electrons. The largest absolute Gasteiger partial charge is 0.490 e. The Labute approximate surface area is 219 Å². The molecule has 1 aromatic carbocycles. The van der Waals surface area contributed by atoms with Gasteiger partial charge in [-0.15, -0.1) is 0 Å². The number of amides is 1. The smallest absolute Gasteiger partial charge is 0.481 e. The molecule has 0 aliphatic carbocycles. The number of halogens is 3. The molecule has 0 bridgehead atoms. The average molecular weight is 553 g/mol. The van der Waals surface area contributed by atoms with E-state index in [1.807, 2.05) is 6.07 Å². The predicted molar refractivity (Wildman–Crippen MR) is 133 cm³/mol. The van der Waals surface area contributed by atoms with Gasteiger partial charge in [0, 0.05) is 25.2 Å². The Kier molecular flexibility index (Phi) is 9.68. The van der Waals surface area contributed by atoms with Crippen LogP contribution in [0.4, 0.5) is 19.0 Å². The summed E-state index contributed by atoms with van der Waals surface area (Å²) in [6.45, 7) is 0.917. The van der Waals surface area contributed by atoms with Gasteiger partial charge in [-0.25, -0.2) is 14.6 Å². The first-order chi connectivity index (χ1) is 18.4. The minimum Gasteiger partial charge on any atom is -0.481 e. The molecule has 0 fully saturated rings. The highest BCUT2D eigenvalue weighted by Crippen LogP contribution is 2.22. The number of carboxylic acid groups (broad SMARTS) is 2. The molecule has 1 aliphatic heterocycles. The van der Waals surface area contributed by atoms with Crippen molar-refractivity contribution in [2.75, 3.05) is 18.4 Å². The van der Waals surface area contributed by atoms with Gasteiger partial charge in [0.15, 0.2) is 5.58 Å². The summed E-state index contributed by atoms with van der Waals surface area (Å²) in [4.78, 5) is 51.3. The molecule has 39 heavy (non-hydrogen) atoms. The Morgan fingerprint density at radius 3 is 2.56 bits per heavy atom. The number of carboxylic acids is 2. The number of pyridine rings is 1. The van der Waals surface area contributed by atoms with Crippen LogP contribution in [0.15, 0.2) is 39.5 Å². The van der Waals surface area contributed by atoms with E-state index in [4.69, 9.17) is 14.3 Å². The highest BCUT2D eigenvalue weighted by Gasteiger charge is 2.38. The number of nitrogens with zero attached hydrogens (tertiary/aromatic N) is 1. The van der Waals surface area contributed by atoms with Crippen LogP contribution in [0.3, 0.4) is 0 Å². The quantitative estimate of drug-likeness (QED) is 0.250. The third kappa shape index (κ3) is 8.58. The van der Waals surface area contributed by atoms with Crippen molar-refractivity contribution in [1.82, 2.24) is 15.3 Å². The van der Waals surface area contributed by atoms with E-state index in [2.05, 4.69) is 26.7 Å². The summed E-state index contributed by atoms with van der Waals surface area (Å²) < 4.78 is 36.7. The van der Waals surface area contributed by atoms with Crippen molar-refractivity contribution < 1.29 is 42.2 Å². The van der Waals surface area contributed by atoms with Gasteiger partial charge in [0.05, 0.1) is 11.4 Å². The summed E-state index contributed by atoms with van der Waals surface area (Å²) in [5.74, 6) is -4.56. The number of anilines is 1. The molecule has 3 heterocycles. The minimum atomic E-state index is -5.08. The van der Waals surface area contributed by atoms with Gasteiger partial charge in [0.25, 0.3) is 0 Å². The molecule has 5 N–H and O–H groups in total. The molecule has 4 rings (SSSR count). The van der Waals surface area contributed by atoms with Gasteiger partial charge in [-0.2, -0.15) is 13.2 Å². The fourth-order valence-corrected chi connectivity index (χ4v) is 3.93. The second-order valence-electron chi connectivity index (χ2n) is 8.82. The number of fused-ring (bicyclic) bond motifs is 2. The van der Waals surface area contributed by atoms with Crippen molar-refractivity contribution in [3.63, 3.8) is 0 Å². The number of benzene rings is 1. The topological polar surface area (TPSA) is 175 Å². The first-order valence-corrected chi connectivity index (χ1v) is 12.1. The molecule has 1 amide bonds. The number of rotatable bonds is 9. The Hall–Kier alpha value is -4.36. The number of aryl methyl sites for hydroxylation is 2. The number of alkyl halides is 3. The lowest BCUT2D eigenvalue weighted by Crippen LogP contribution is -2.31. The summed E-state index contributed by atoms with van der Waals surface area (Å²) in [5.41, 5.74) is 3.51. The lowest BCUT2D eigenvalue weighted by Gasteiger charge is -2.17. The van der Waals surface area contributed by atoms with Gasteiger partial charge in [-0.3, -0.25) is 14.6 Å². The maximum absolute atomic E-state index is 12.2. The third-order valence-electron chi connectivity index (χ3n) is 5.93. The first-order valence-electron chi connectivity index (χ1n) is 12.1. The number of aliphatic carboxylic acids is 2. The second kappa shape index (κ2) is 12.9. The maximum Gasteiger partial charge on any atom is 0.490 e. The molecule has 1 aliphatic rings. The predicted octanol–water partition coefficient (Wildman–Crippen LogP) is 3.20. The number of unbranched alkanes of at least 4 members (excludes halogenated alkanes) is 1. The van der Waals surface area contributed by atoms with E-state index in [1.54, 1.807) is 12.1 Å². The Bertz CT molecular complexity index is 1380. The van der Waals surface area contributed by atoms with Crippen molar-refractivity contribution in [3.05, 3.63) is 57.7 Å². The lowest BCUT2D eigenvalue weighted by molar-refractivity contribution is -0.192. The van der Waals surface area contributed by atoms with Crippen molar-refractivity contribution in [2.24, 2.45) is 0 Å². The van der Waals surface area contributed by atoms with Gasteiger partial charge in [-0.1, -0.05) is 12.1 Å². The monoisotopic (exact) mass is 552 g/mol. The molecule has 11 nitrogen and oxygen atoms in total. The Morgan fingerprint density at radius 1 is 1.13 bits per heavy atom. The minimum absolute atomic E-state index is 0.0353. The highest BCUT2D eigenvalue weighted by atomic mass is 19.4. The number of nitrogens with one attached hydrogen (secondary N) is 3. The van der Waals surface area contributed by atoms with Crippen LogP contribution in [-0.2, 0) is 27.2 Å². The number of oxazole rings is 1. The van der Waals surface area contributed by atoms with E-state index >= 15 is 0 Å². The van der Waals surface area contributed by atoms with Crippen LogP contribution in [-0.4, -0.2) is 57.3 Å². The molecule has 0 saturated carbocycles. The summed E-state index contributed by atoms with van der Waals surface area (Å²) >= 11 is 0. The summed E-state index contributed by atoms with van der Waals surface area (Å²) in [5, 5.41) is 22.7. The van der Waals surface area contributed by atoms with Crippen molar-refractivity contribution in [3.8, 4) is 0 Å². The number of aromatic amines is 1. The molecular formula is C25H27F3N4O7. The molecule has 3 aromatic rings. The Balaban J connectivity index is 0.000000532. The average Bonchev–Trinajstić information content (AvgIpc) is 3.25. The van der Waals surface area contributed by atoms with Crippen LogP contribution in [0.2, 0.25) is 0 Å². The second-order valence-corrected chi connectivity index (χ2v) is 8.82. The molecule has 0 spiro atoms. The third-order valence-corrected chi connectivity index (χ3v) is 5.93. The van der Waals surface area contributed by atoms with Crippen molar-refractivity contribution in [1.29, 1.82) is 0 Å². The molecule has 0 unspecified atom stereocenters. The molecule has 210 valence electrons. The van der Waals surface area contributed by atoms with Crippen LogP contribution in [0.5, 0.6) is 0 Å². The zero-order chi connectivity index (χ0) is 28.6. The number of hydrogen-bond acceptors (Lipinski definition) is 7. The van der Waals surface area contributed by atoms with Crippen LogP contribution >= 0.6 is 0 Å². The molecule has 14 heteroatoms. The number of carbonyl (C=O) groups is 3. The van der Waals surface area contributed by atoms with E-state index < -0.39 is 29.8 Å². The van der Waals surface area contributed by atoms with E-state index in [0.717, 1.165) is 43.7 Å². The lowest BCUT2D eigenvalue weighted by atomic mass is 9.98. The molecular weight excluding hydrogens is 525 g/mol. The normalized spacial score (nSPS) is 13.4.